The molecule has 2 rings (SSSR count). The van der Waals surface area contributed by atoms with Crippen LogP contribution in [0, 0.1) is 0 Å². The van der Waals surface area contributed by atoms with Crippen LogP contribution in [0.15, 0.2) is 4.99 Å². The molecule has 0 bridgehead atoms. The fourth-order valence-electron chi connectivity index (χ4n) is 2.95. The first-order valence-corrected chi connectivity index (χ1v) is 8.16. The van der Waals surface area contributed by atoms with Gasteiger partial charge in [0.2, 0.25) is 11.8 Å². The van der Waals surface area contributed by atoms with Crippen molar-refractivity contribution in [2.75, 3.05) is 39.8 Å². The number of carbonyl (C=O) groups is 2. The molecule has 0 radical (unpaired) electrons. The Morgan fingerprint density at radius 3 is 2.43 bits per heavy atom. The first-order valence-electron chi connectivity index (χ1n) is 8.16. The van der Waals surface area contributed by atoms with Crippen LogP contribution in [0.4, 0.5) is 0 Å². The predicted octanol–water partition coefficient (Wildman–Crippen LogP) is 0.403. The number of guanidine groups is 1. The number of hydrogen-bond donors (Lipinski definition) is 2. The highest BCUT2D eigenvalue weighted by atomic mass is 127. The predicted molar refractivity (Wildman–Crippen MR) is 101 cm³/mol. The smallest absolute Gasteiger partial charge is 0.241 e. The zero-order valence-electron chi connectivity index (χ0n) is 14.0. The maximum atomic E-state index is 12.0. The van der Waals surface area contributed by atoms with Crippen LogP contribution in [0.3, 0.4) is 0 Å². The molecular formula is C15H28IN5O2. The number of hydrogen-bond acceptors (Lipinski definition) is 3. The summed E-state index contributed by atoms with van der Waals surface area (Å²) in [4.78, 5) is 31.6. The van der Waals surface area contributed by atoms with E-state index in [0.29, 0.717) is 18.9 Å². The second-order valence-corrected chi connectivity index (χ2v) is 5.84. The molecular weight excluding hydrogens is 409 g/mol. The molecule has 2 heterocycles. The first-order chi connectivity index (χ1) is 10.6. The summed E-state index contributed by atoms with van der Waals surface area (Å²) >= 11 is 0. The van der Waals surface area contributed by atoms with Crippen LogP contribution in [0.25, 0.3) is 0 Å². The summed E-state index contributed by atoms with van der Waals surface area (Å²) in [7, 11) is 1.69. The maximum absolute atomic E-state index is 12.0. The standard InChI is InChI=1S/C15H27N5O2.HI/c1-3-13(21)20-9-6-12(11-20)18-15(16-2)17-10-14(22)19-7-4-5-8-19;/h12H,3-11H2,1-2H3,(H2,16,17,18);1H. The molecule has 2 amide bonds. The number of nitrogens with one attached hydrogen (secondary N) is 2. The van der Waals surface area contributed by atoms with Gasteiger partial charge in [-0.25, -0.2) is 0 Å². The molecule has 0 aliphatic carbocycles. The molecule has 0 aromatic heterocycles. The van der Waals surface area contributed by atoms with Crippen molar-refractivity contribution < 1.29 is 9.59 Å². The average molecular weight is 437 g/mol. The number of aliphatic imine (C=N–C) groups is 1. The van der Waals surface area contributed by atoms with E-state index in [1.165, 1.54) is 0 Å². The minimum atomic E-state index is 0. The van der Waals surface area contributed by atoms with Crippen LogP contribution >= 0.6 is 24.0 Å². The molecule has 0 spiro atoms. The van der Waals surface area contributed by atoms with Gasteiger partial charge >= 0.3 is 0 Å². The molecule has 132 valence electrons. The Balaban J connectivity index is 0.00000264. The van der Waals surface area contributed by atoms with Crippen LogP contribution in [0.5, 0.6) is 0 Å². The van der Waals surface area contributed by atoms with Gasteiger partial charge in [-0.3, -0.25) is 14.6 Å². The lowest BCUT2D eigenvalue weighted by atomic mass is 10.3. The van der Waals surface area contributed by atoms with E-state index in [1.807, 2.05) is 16.7 Å². The minimum absolute atomic E-state index is 0. The Morgan fingerprint density at radius 2 is 1.83 bits per heavy atom. The summed E-state index contributed by atoms with van der Waals surface area (Å²) in [6.07, 6.45) is 3.65. The number of carbonyl (C=O) groups excluding carboxylic acids is 2. The van der Waals surface area contributed by atoms with Gasteiger partial charge in [-0.15, -0.1) is 24.0 Å². The first kappa shape index (κ1) is 20.0. The third-order valence-electron chi connectivity index (χ3n) is 4.27. The number of rotatable bonds is 4. The lowest BCUT2D eigenvalue weighted by molar-refractivity contribution is -0.130. The Kier molecular flexibility index (Phi) is 8.64. The summed E-state index contributed by atoms with van der Waals surface area (Å²) in [5, 5.41) is 6.37. The van der Waals surface area contributed by atoms with Gasteiger partial charge in [0.1, 0.15) is 0 Å². The summed E-state index contributed by atoms with van der Waals surface area (Å²) in [6.45, 7) is 5.37. The van der Waals surface area contributed by atoms with Crippen molar-refractivity contribution in [1.82, 2.24) is 20.4 Å². The fourth-order valence-corrected chi connectivity index (χ4v) is 2.95. The van der Waals surface area contributed by atoms with Crippen molar-refractivity contribution in [3.63, 3.8) is 0 Å². The Labute approximate surface area is 155 Å². The van der Waals surface area contributed by atoms with Gasteiger partial charge < -0.3 is 20.4 Å². The van der Waals surface area contributed by atoms with Crippen molar-refractivity contribution in [3.05, 3.63) is 0 Å². The number of nitrogens with zero attached hydrogens (tertiary/aromatic N) is 3. The van der Waals surface area contributed by atoms with Crippen molar-refractivity contribution in [2.24, 2.45) is 4.99 Å². The number of halogens is 1. The molecule has 2 saturated heterocycles. The SMILES string of the molecule is CCC(=O)N1CCC(NC(=NC)NCC(=O)N2CCCC2)C1.I. The van der Waals surface area contributed by atoms with E-state index in [0.717, 1.165) is 38.9 Å². The zero-order valence-corrected chi connectivity index (χ0v) is 16.3. The molecule has 8 heteroatoms. The van der Waals surface area contributed by atoms with Gasteiger partial charge in [0.15, 0.2) is 5.96 Å². The molecule has 2 aliphatic heterocycles. The van der Waals surface area contributed by atoms with Gasteiger partial charge in [-0.05, 0) is 19.3 Å². The molecule has 23 heavy (non-hydrogen) atoms. The summed E-state index contributed by atoms with van der Waals surface area (Å²) < 4.78 is 0. The summed E-state index contributed by atoms with van der Waals surface area (Å²) in [5.74, 6) is 0.939. The van der Waals surface area contributed by atoms with Gasteiger partial charge in [0.05, 0.1) is 6.54 Å². The van der Waals surface area contributed by atoms with E-state index in [4.69, 9.17) is 0 Å². The molecule has 1 atom stereocenters. The Morgan fingerprint density at radius 1 is 1.13 bits per heavy atom. The van der Waals surface area contributed by atoms with Gasteiger partial charge in [0.25, 0.3) is 0 Å². The molecule has 7 nitrogen and oxygen atoms in total. The largest absolute Gasteiger partial charge is 0.352 e. The monoisotopic (exact) mass is 437 g/mol. The number of likely N-dealkylation sites (tertiary alicyclic amines) is 2. The van der Waals surface area contributed by atoms with E-state index < -0.39 is 0 Å². The van der Waals surface area contributed by atoms with Crippen LogP contribution in [-0.2, 0) is 9.59 Å². The van der Waals surface area contributed by atoms with E-state index in [-0.39, 0.29) is 48.4 Å². The topological polar surface area (TPSA) is 77.0 Å². The second-order valence-electron chi connectivity index (χ2n) is 5.84. The molecule has 0 aromatic carbocycles. The van der Waals surface area contributed by atoms with Crippen LogP contribution in [0.1, 0.15) is 32.6 Å². The third kappa shape index (κ3) is 5.82. The molecule has 2 N–H and O–H groups in total. The van der Waals surface area contributed by atoms with E-state index >= 15 is 0 Å². The van der Waals surface area contributed by atoms with Gasteiger partial charge in [-0.1, -0.05) is 6.92 Å². The zero-order chi connectivity index (χ0) is 15.9. The summed E-state index contributed by atoms with van der Waals surface area (Å²) in [5.41, 5.74) is 0. The van der Waals surface area contributed by atoms with Crippen molar-refractivity contribution in [1.29, 1.82) is 0 Å². The van der Waals surface area contributed by atoms with E-state index in [2.05, 4.69) is 15.6 Å². The summed E-state index contributed by atoms with van der Waals surface area (Å²) in [6, 6.07) is 0.198. The molecule has 0 aromatic rings. The van der Waals surface area contributed by atoms with Crippen molar-refractivity contribution in [2.45, 2.75) is 38.6 Å². The Hall–Kier alpha value is -1.06. The maximum Gasteiger partial charge on any atom is 0.241 e. The van der Waals surface area contributed by atoms with Gasteiger partial charge in [0, 0.05) is 45.7 Å². The molecule has 1 unspecified atom stereocenters. The molecule has 0 saturated carbocycles. The van der Waals surface area contributed by atoms with Crippen LogP contribution < -0.4 is 10.6 Å². The normalized spacial score (nSPS) is 21.1. The highest BCUT2D eigenvalue weighted by Gasteiger charge is 2.26. The number of amides is 2. The lowest BCUT2D eigenvalue weighted by Gasteiger charge is -2.20. The second kappa shape index (κ2) is 9.94. The molecule has 2 fully saturated rings. The van der Waals surface area contributed by atoms with E-state index in [1.54, 1.807) is 7.05 Å². The highest BCUT2D eigenvalue weighted by molar-refractivity contribution is 14.0. The van der Waals surface area contributed by atoms with Gasteiger partial charge in [-0.2, -0.15) is 0 Å². The van der Waals surface area contributed by atoms with Crippen molar-refractivity contribution in [3.8, 4) is 0 Å². The Bertz CT molecular complexity index is 438. The average Bonchev–Trinajstić information content (AvgIpc) is 3.21. The highest BCUT2D eigenvalue weighted by Crippen LogP contribution is 2.10. The van der Waals surface area contributed by atoms with Crippen LogP contribution in [0.2, 0.25) is 0 Å². The van der Waals surface area contributed by atoms with Crippen molar-refractivity contribution >= 4 is 41.8 Å². The van der Waals surface area contributed by atoms with E-state index in [9.17, 15) is 9.59 Å². The lowest BCUT2D eigenvalue weighted by Crippen LogP contribution is -2.48. The van der Waals surface area contributed by atoms with Crippen LogP contribution in [-0.4, -0.2) is 73.4 Å². The third-order valence-corrected chi connectivity index (χ3v) is 4.27. The fraction of sp³-hybridized carbons (Fsp3) is 0.800. The minimum Gasteiger partial charge on any atom is -0.352 e. The molecule has 2 aliphatic rings. The quantitative estimate of drug-likeness (QED) is 0.380.